The van der Waals surface area contributed by atoms with Crippen molar-refractivity contribution in [2.24, 2.45) is 5.73 Å². The van der Waals surface area contributed by atoms with Crippen LogP contribution in [0, 0.1) is 6.92 Å². The van der Waals surface area contributed by atoms with Gasteiger partial charge in [-0.25, -0.2) is 0 Å². The maximum Gasteiger partial charge on any atom is 0.125 e. The number of halogens is 1. The van der Waals surface area contributed by atoms with Crippen LogP contribution in [0.3, 0.4) is 0 Å². The first-order chi connectivity index (χ1) is 6.57. The van der Waals surface area contributed by atoms with Crippen LogP contribution in [-0.2, 0) is 5.54 Å². The molecule has 0 aromatic heterocycles. The summed E-state index contributed by atoms with van der Waals surface area (Å²) in [5.74, 6) is 0.900. The van der Waals surface area contributed by atoms with Gasteiger partial charge in [-0.1, -0.05) is 15.9 Å². The number of aryl methyl sites for hydroxylation is 1. The lowest BCUT2D eigenvalue weighted by atomic mass is 10.0. The summed E-state index contributed by atoms with van der Waals surface area (Å²) in [5, 5.41) is 0. The molecule has 0 radical (unpaired) electrons. The number of hydrogen-bond donors (Lipinski definition) is 1. The van der Waals surface area contributed by atoms with Crippen molar-refractivity contribution in [3.05, 3.63) is 27.7 Å². The number of nitrogens with two attached hydrogens (primary N) is 1. The van der Waals surface area contributed by atoms with E-state index in [1.807, 2.05) is 13.0 Å². The Bertz CT molecular complexity index is 372. The van der Waals surface area contributed by atoms with Crippen molar-refractivity contribution in [3.8, 4) is 5.75 Å². The predicted octanol–water partition coefficient (Wildman–Crippen LogP) is 2.71. The number of rotatable bonds is 2. The van der Waals surface area contributed by atoms with Crippen LogP contribution in [0.4, 0.5) is 0 Å². The summed E-state index contributed by atoms with van der Waals surface area (Å²) in [6.07, 6.45) is 2.09. The number of ether oxygens (including phenoxy) is 1. The van der Waals surface area contributed by atoms with Crippen LogP contribution in [0.1, 0.15) is 24.0 Å². The number of benzene rings is 1. The molecule has 2 rings (SSSR count). The molecule has 1 aromatic rings. The number of hydrogen-bond acceptors (Lipinski definition) is 2. The van der Waals surface area contributed by atoms with E-state index in [2.05, 4.69) is 22.0 Å². The minimum atomic E-state index is -0.155. The number of methoxy groups -OCH3 is 1. The maximum atomic E-state index is 6.19. The van der Waals surface area contributed by atoms with Crippen LogP contribution < -0.4 is 10.5 Å². The predicted molar refractivity (Wildman–Crippen MR) is 60.5 cm³/mol. The standard InChI is InChI=1S/C11H14BrNO/c1-7-5-8(12)10(9(6-7)14-2)11(13)3-4-11/h5-6H,3-4,13H2,1-2H3. The second-order valence-corrected chi connectivity index (χ2v) is 4.83. The molecular weight excluding hydrogens is 242 g/mol. The fraction of sp³-hybridized carbons (Fsp3) is 0.455. The van der Waals surface area contributed by atoms with Gasteiger partial charge in [0.15, 0.2) is 0 Å². The molecule has 14 heavy (non-hydrogen) atoms. The highest BCUT2D eigenvalue weighted by Crippen LogP contribution is 2.49. The first-order valence-corrected chi connectivity index (χ1v) is 5.49. The van der Waals surface area contributed by atoms with Crippen LogP contribution in [0.15, 0.2) is 16.6 Å². The zero-order valence-corrected chi connectivity index (χ0v) is 10.0. The van der Waals surface area contributed by atoms with Gasteiger partial charge in [-0.3, -0.25) is 0 Å². The summed E-state index contributed by atoms with van der Waals surface area (Å²) < 4.78 is 6.43. The fourth-order valence-electron chi connectivity index (χ4n) is 1.74. The summed E-state index contributed by atoms with van der Waals surface area (Å²) in [6.45, 7) is 2.05. The van der Waals surface area contributed by atoms with Gasteiger partial charge in [0.25, 0.3) is 0 Å². The summed E-state index contributed by atoms with van der Waals surface area (Å²) in [7, 11) is 1.69. The van der Waals surface area contributed by atoms with Crippen molar-refractivity contribution in [1.29, 1.82) is 0 Å². The molecule has 0 spiro atoms. The van der Waals surface area contributed by atoms with Gasteiger partial charge in [0, 0.05) is 15.6 Å². The van der Waals surface area contributed by atoms with Gasteiger partial charge >= 0.3 is 0 Å². The van der Waals surface area contributed by atoms with Gasteiger partial charge in [0.2, 0.25) is 0 Å². The van der Waals surface area contributed by atoms with E-state index >= 15 is 0 Å². The zero-order chi connectivity index (χ0) is 10.3. The summed E-state index contributed by atoms with van der Waals surface area (Å²) >= 11 is 3.55. The molecule has 1 aliphatic rings. The van der Waals surface area contributed by atoms with Gasteiger partial charge in [0.1, 0.15) is 5.75 Å². The summed E-state index contributed by atoms with van der Waals surface area (Å²) in [5.41, 5.74) is 8.33. The normalized spacial score (nSPS) is 18.0. The molecule has 0 atom stereocenters. The molecule has 0 amide bonds. The van der Waals surface area contributed by atoms with Gasteiger partial charge in [-0.05, 0) is 37.5 Å². The smallest absolute Gasteiger partial charge is 0.125 e. The monoisotopic (exact) mass is 255 g/mol. The Kier molecular flexibility index (Phi) is 2.32. The van der Waals surface area contributed by atoms with Crippen LogP contribution in [0.2, 0.25) is 0 Å². The third-order valence-electron chi connectivity index (χ3n) is 2.70. The summed E-state index contributed by atoms with van der Waals surface area (Å²) in [4.78, 5) is 0. The average molecular weight is 256 g/mol. The van der Waals surface area contributed by atoms with Crippen molar-refractivity contribution in [3.63, 3.8) is 0 Å². The highest BCUT2D eigenvalue weighted by molar-refractivity contribution is 9.10. The Balaban J connectivity index is 2.56. The first-order valence-electron chi connectivity index (χ1n) is 4.70. The van der Waals surface area contributed by atoms with Crippen molar-refractivity contribution >= 4 is 15.9 Å². The topological polar surface area (TPSA) is 35.2 Å². The molecule has 2 nitrogen and oxygen atoms in total. The first kappa shape index (κ1) is 9.99. The Morgan fingerprint density at radius 1 is 1.43 bits per heavy atom. The molecule has 1 aromatic carbocycles. The molecule has 1 fully saturated rings. The molecule has 0 unspecified atom stereocenters. The Hall–Kier alpha value is -0.540. The Morgan fingerprint density at radius 2 is 2.07 bits per heavy atom. The molecule has 1 saturated carbocycles. The molecule has 76 valence electrons. The molecule has 0 saturated heterocycles. The lowest BCUT2D eigenvalue weighted by Gasteiger charge is -2.17. The van der Waals surface area contributed by atoms with Crippen molar-refractivity contribution in [2.45, 2.75) is 25.3 Å². The van der Waals surface area contributed by atoms with E-state index < -0.39 is 0 Å². The van der Waals surface area contributed by atoms with E-state index in [-0.39, 0.29) is 5.54 Å². The van der Waals surface area contributed by atoms with Gasteiger partial charge in [-0.15, -0.1) is 0 Å². The molecule has 2 N–H and O–H groups in total. The van der Waals surface area contributed by atoms with E-state index in [4.69, 9.17) is 10.5 Å². The molecular formula is C11H14BrNO. The van der Waals surface area contributed by atoms with E-state index in [1.165, 1.54) is 5.56 Å². The van der Waals surface area contributed by atoms with E-state index in [1.54, 1.807) is 7.11 Å². The third-order valence-corrected chi connectivity index (χ3v) is 3.33. The summed E-state index contributed by atoms with van der Waals surface area (Å²) in [6, 6.07) is 4.12. The van der Waals surface area contributed by atoms with Crippen molar-refractivity contribution in [2.75, 3.05) is 7.11 Å². The van der Waals surface area contributed by atoms with Gasteiger partial charge < -0.3 is 10.5 Å². The SMILES string of the molecule is COc1cc(C)cc(Br)c1C1(N)CC1. The average Bonchev–Trinajstić information content (AvgIpc) is 2.82. The molecule has 0 heterocycles. The Labute approximate surface area is 92.6 Å². The molecule has 0 aliphatic heterocycles. The Morgan fingerprint density at radius 3 is 2.57 bits per heavy atom. The third kappa shape index (κ3) is 1.55. The highest BCUT2D eigenvalue weighted by Gasteiger charge is 2.43. The highest BCUT2D eigenvalue weighted by atomic mass is 79.9. The van der Waals surface area contributed by atoms with E-state index in [9.17, 15) is 0 Å². The lowest BCUT2D eigenvalue weighted by molar-refractivity contribution is 0.403. The lowest BCUT2D eigenvalue weighted by Crippen LogP contribution is -2.20. The molecule has 1 aliphatic carbocycles. The largest absolute Gasteiger partial charge is 0.496 e. The second kappa shape index (κ2) is 3.24. The minimum Gasteiger partial charge on any atom is -0.496 e. The van der Waals surface area contributed by atoms with E-state index in [0.717, 1.165) is 28.6 Å². The zero-order valence-electron chi connectivity index (χ0n) is 8.43. The molecule has 3 heteroatoms. The minimum absolute atomic E-state index is 0.155. The fourth-order valence-corrected chi connectivity index (χ4v) is 2.69. The second-order valence-electron chi connectivity index (χ2n) is 3.98. The van der Waals surface area contributed by atoms with Gasteiger partial charge in [0.05, 0.1) is 7.11 Å². The maximum absolute atomic E-state index is 6.19. The van der Waals surface area contributed by atoms with Crippen LogP contribution >= 0.6 is 15.9 Å². The van der Waals surface area contributed by atoms with Gasteiger partial charge in [-0.2, -0.15) is 0 Å². The van der Waals surface area contributed by atoms with Crippen LogP contribution in [-0.4, -0.2) is 7.11 Å². The molecule has 0 bridgehead atoms. The van der Waals surface area contributed by atoms with Crippen molar-refractivity contribution in [1.82, 2.24) is 0 Å². The van der Waals surface area contributed by atoms with Crippen LogP contribution in [0.25, 0.3) is 0 Å². The van der Waals surface area contributed by atoms with Crippen molar-refractivity contribution < 1.29 is 4.74 Å². The quantitative estimate of drug-likeness (QED) is 0.882. The van der Waals surface area contributed by atoms with Crippen LogP contribution in [0.5, 0.6) is 5.75 Å². The van der Waals surface area contributed by atoms with E-state index in [0.29, 0.717) is 0 Å².